The molecule has 0 saturated carbocycles. The first-order valence-corrected chi connectivity index (χ1v) is 7.30. The monoisotopic (exact) mass is 290 g/mol. The molecule has 0 fully saturated rings. The zero-order valence-corrected chi connectivity index (χ0v) is 12.6. The number of carbonyl (C=O) groups excluding carboxylic acids is 3. The zero-order chi connectivity index (χ0) is 15.7. The van der Waals surface area contributed by atoms with E-state index in [9.17, 15) is 14.4 Å². The Kier molecular flexibility index (Phi) is 6.79. The van der Waals surface area contributed by atoms with E-state index < -0.39 is 11.6 Å². The van der Waals surface area contributed by atoms with Crippen LogP contribution in [0.15, 0.2) is 36.0 Å². The average molecular weight is 290 g/mol. The SMILES string of the molecule is CCCCC/C=C\C[C@]1(OC(C)=O)C=CC(=O)/C1=C\C=O. The number of hydrogen-bond donors (Lipinski definition) is 0. The molecule has 0 spiro atoms. The molecule has 0 amide bonds. The Morgan fingerprint density at radius 1 is 1.33 bits per heavy atom. The van der Waals surface area contributed by atoms with Gasteiger partial charge in [-0.1, -0.05) is 31.9 Å². The number of allylic oxidation sites excluding steroid dienone is 3. The molecule has 1 atom stereocenters. The lowest BCUT2D eigenvalue weighted by atomic mass is 9.92. The third-order valence-corrected chi connectivity index (χ3v) is 3.35. The standard InChI is InChI=1S/C17H22O4/c1-3-4-5-6-7-8-11-17(21-14(2)19)12-9-16(20)15(17)10-13-18/h7-10,12-13H,3-6,11H2,1-2H3/b8-7-,15-10+/t17-/m0/s1. The quantitative estimate of drug-likeness (QED) is 0.227. The van der Waals surface area contributed by atoms with Crippen molar-refractivity contribution in [2.45, 2.75) is 51.6 Å². The highest BCUT2D eigenvalue weighted by Crippen LogP contribution is 2.34. The molecule has 1 aliphatic carbocycles. The number of ether oxygens (including phenoxy) is 1. The lowest BCUT2D eigenvalue weighted by Gasteiger charge is -2.27. The van der Waals surface area contributed by atoms with E-state index in [1.807, 2.05) is 12.2 Å². The highest BCUT2D eigenvalue weighted by Gasteiger charge is 2.41. The van der Waals surface area contributed by atoms with Gasteiger partial charge in [-0.15, -0.1) is 0 Å². The van der Waals surface area contributed by atoms with Crippen LogP contribution in [-0.2, 0) is 19.1 Å². The molecule has 114 valence electrons. The minimum atomic E-state index is -1.13. The van der Waals surface area contributed by atoms with Gasteiger partial charge in [0, 0.05) is 13.3 Å². The van der Waals surface area contributed by atoms with Crippen molar-refractivity contribution in [1.82, 2.24) is 0 Å². The van der Waals surface area contributed by atoms with Gasteiger partial charge in [0.25, 0.3) is 0 Å². The van der Waals surface area contributed by atoms with Crippen LogP contribution in [0.3, 0.4) is 0 Å². The van der Waals surface area contributed by atoms with Crippen molar-refractivity contribution in [3.63, 3.8) is 0 Å². The molecular formula is C17H22O4. The number of carbonyl (C=O) groups is 3. The topological polar surface area (TPSA) is 60.4 Å². The summed E-state index contributed by atoms with van der Waals surface area (Å²) in [6.07, 6.45) is 13.3. The van der Waals surface area contributed by atoms with Gasteiger partial charge in [-0.25, -0.2) is 0 Å². The zero-order valence-electron chi connectivity index (χ0n) is 12.6. The minimum absolute atomic E-state index is 0.214. The minimum Gasteiger partial charge on any atom is -0.450 e. The number of ketones is 1. The maximum atomic E-state index is 11.8. The smallest absolute Gasteiger partial charge is 0.303 e. The predicted molar refractivity (Wildman–Crippen MR) is 80.7 cm³/mol. The van der Waals surface area contributed by atoms with Crippen LogP contribution in [0.4, 0.5) is 0 Å². The van der Waals surface area contributed by atoms with Crippen molar-refractivity contribution < 1.29 is 19.1 Å². The number of aldehydes is 1. The summed E-state index contributed by atoms with van der Waals surface area (Å²) < 4.78 is 5.34. The fraction of sp³-hybridized carbons (Fsp3) is 0.471. The summed E-state index contributed by atoms with van der Waals surface area (Å²) in [5.74, 6) is -0.770. The van der Waals surface area contributed by atoms with Crippen LogP contribution in [0.1, 0.15) is 46.0 Å². The van der Waals surface area contributed by atoms with Crippen LogP contribution in [0.25, 0.3) is 0 Å². The molecule has 1 rings (SSSR count). The molecule has 0 saturated heterocycles. The summed E-state index contributed by atoms with van der Waals surface area (Å²) >= 11 is 0. The summed E-state index contributed by atoms with van der Waals surface area (Å²) in [7, 11) is 0. The van der Waals surface area contributed by atoms with Crippen LogP contribution in [0, 0.1) is 0 Å². The molecule has 0 aliphatic heterocycles. The maximum Gasteiger partial charge on any atom is 0.303 e. The van der Waals surface area contributed by atoms with Gasteiger partial charge in [0.2, 0.25) is 0 Å². The fourth-order valence-electron chi connectivity index (χ4n) is 2.34. The van der Waals surface area contributed by atoms with Gasteiger partial charge in [0.05, 0.1) is 5.57 Å². The molecule has 4 nitrogen and oxygen atoms in total. The lowest BCUT2D eigenvalue weighted by Crippen LogP contribution is -2.33. The Bertz CT molecular complexity index is 485. The van der Waals surface area contributed by atoms with Crippen molar-refractivity contribution in [3.8, 4) is 0 Å². The van der Waals surface area contributed by atoms with Crippen molar-refractivity contribution >= 4 is 18.0 Å². The normalized spacial score (nSPS) is 23.1. The van der Waals surface area contributed by atoms with E-state index in [2.05, 4.69) is 6.92 Å². The van der Waals surface area contributed by atoms with Crippen molar-refractivity contribution in [3.05, 3.63) is 36.0 Å². The molecule has 0 heterocycles. The molecule has 0 aromatic carbocycles. The van der Waals surface area contributed by atoms with Crippen LogP contribution in [0.5, 0.6) is 0 Å². The molecular weight excluding hydrogens is 268 g/mol. The number of esters is 1. The summed E-state index contributed by atoms with van der Waals surface area (Å²) in [4.78, 5) is 33.8. The molecule has 0 unspecified atom stereocenters. The molecule has 1 aliphatic rings. The van der Waals surface area contributed by atoms with Crippen LogP contribution in [-0.4, -0.2) is 23.6 Å². The van der Waals surface area contributed by atoms with Gasteiger partial charge >= 0.3 is 5.97 Å². The molecule has 0 radical (unpaired) electrons. The third kappa shape index (κ3) is 4.81. The lowest BCUT2D eigenvalue weighted by molar-refractivity contribution is -0.149. The van der Waals surface area contributed by atoms with Gasteiger partial charge in [-0.05, 0) is 31.1 Å². The number of rotatable bonds is 8. The second-order valence-corrected chi connectivity index (χ2v) is 5.07. The van der Waals surface area contributed by atoms with E-state index in [0.29, 0.717) is 12.7 Å². The first-order chi connectivity index (χ1) is 10.1. The predicted octanol–water partition coefficient (Wildman–Crippen LogP) is 3.08. The Hall–Kier alpha value is -1.97. The molecule has 4 heteroatoms. The van der Waals surface area contributed by atoms with E-state index >= 15 is 0 Å². The van der Waals surface area contributed by atoms with Gasteiger partial charge in [0.15, 0.2) is 11.4 Å². The second-order valence-electron chi connectivity index (χ2n) is 5.07. The number of unbranched alkanes of at least 4 members (excludes halogenated alkanes) is 3. The molecule has 21 heavy (non-hydrogen) atoms. The van der Waals surface area contributed by atoms with Crippen molar-refractivity contribution in [2.24, 2.45) is 0 Å². The summed E-state index contributed by atoms with van der Waals surface area (Å²) in [5, 5.41) is 0. The van der Waals surface area contributed by atoms with Crippen LogP contribution < -0.4 is 0 Å². The summed E-state index contributed by atoms with van der Waals surface area (Å²) in [6, 6.07) is 0. The molecule has 0 aromatic heterocycles. The van der Waals surface area contributed by atoms with E-state index in [4.69, 9.17) is 4.74 Å². The van der Waals surface area contributed by atoms with Gasteiger partial charge in [-0.2, -0.15) is 0 Å². The van der Waals surface area contributed by atoms with Gasteiger partial charge < -0.3 is 4.74 Å². The average Bonchev–Trinajstić information content (AvgIpc) is 2.72. The van der Waals surface area contributed by atoms with E-state index in [1.165, 1.54) is 25.5 Å². The van der Waals surface area contributed by atoms with E-state index in [0.717, 1.165) is 19.3 Å². The van der Waals surface area contributed by atoms with Crippen molar-refractivity contribution in [2.75, 3.05) is 0 Å². The van der Waals surface area contributed by atoms with Crippen LogP contribution in [0.2, 0.25) is 0 Å². The Morgan fingerprint density at radius 2 is 2.10 bits per heavy atom. The fourth-order valence-corrected chi connectivity index (χ4v) is 2.34. The Balaban J connectivity index is 2.82. The largest absolute Gasteiger partial charge is 0.450 e. The van der Waals surface area contributed by atoms with Crippen molar-refractivity contribution in [1.29, 1.82) is 0 Å². The molecule has 0 bridgehead atoms. The molecule has 0 aromatic rings. The Labute approximate surface area is 125 Å². The van der Waals surface area contributed by atoms with Gasteiger partial charge in [0.1, 0.15) is 6.29 Å². The summed E-state index contributed by atoms with van der Waals surface area (Å²) in [6.45, 7) is 3.44. The van der Waals surface area contributed by atoms with E-state index in [1.54, 1.807) is 6.08 Å². The molecule has 0 N–H and O–H groups in total. The first kappa shape index (κ1) is 17.1. The van der Waals surface area contributed by atoms with E-state index in [-0.39, 0.29) is 11.4 Å². The highest BCUT2D eigenvalue weighted by molar-refractivity contribution is 6.11. The third-order valence-electron chi connectivity index (χ3n) is 3.35. The Morgan fingerprint density at radius 3 is 2.71 bits per heavy atom. The maximum absolute atomic E-state index is 11.8. The highest BCUT2D eigenvalue weighted by atomic mass is 16.6. The van der Waals surface area contributed by atoms with Gasteiger partial charge in [-0.3, -0.25) is 14.4 Å². The second kappa shape index (κ2) is 8.35. The summed E-state index contributed by atoms with van der Waals surface area (Å²) in [5.41, 5.74) is -0.920. The number of hydrogen-bond acceptors (Lipinski definition) is 4. The first-order valence-electron chi connectivity index (χ1n) is 7.30. The van der Waals surface area contributed by atoms with Crippen LogP contribution >= 0.6 is 0 Å².